The second-order valence-electron chi connectivity index (χ2n) is 5.26. The number of para-hydroxylation sites is 1. The lowest BCUT2D eigenvalue weighted by atomic mass is 10.1. The number of anilines is 1. The van der Waals surface area contributed by atoms with Gasteiger partial charge in [-0.2, -0.15) is 0 Å². The molecule has 2 rings (SSSR count). The van der Waals surface area contributed by atoms with Gasteiger partial charge in [0.2, 0.25) is 15.9 Å². The Kier molecular flexibility index (Phi) is 5.19. The average Bonchev–Trinajstić information content (AvgIpc) is 2.45. The maximum atomic E-state index is 12.1. The number of carbonyl (C=O) groups is 1. The first-order chi connectivity index (χ1) is 9.94. The molecule has 1 amide bonds. The summed E-state index contributed by atoms with van der Waals surface area (Å²) in [6.07, 6.45) is 2.47. The first-order valence-electron chi connectivity index (χ1n) is 6.98. The Bertz CT molecular complexity index is 566. The van der Waals surface area contributed by atoms with Crippen molar-refractivity contribution in [2.45, 2.75) is 18.9 Å². The third-order valence-corrected chi connectivity index (χ3v) is 4.21. The molecular weight excluding hydrogens is 290 g/mol. The lowest BCUT2D eigenvalue weighted by Crippen LogP contribution is -2.47. The Balaban J connectivity index is 1.75. The first-order valence-corrected chi connectivity index (χ1v) is 8.87. The van der Waals surface area contributed by atoms with Gasteiger partial charge in [0.05, 0.1) is 12.8 Å². The molecule has 1 aromatic rings. The van der Waals surface area contributed by atoms with Crippen molar-refractivity contribution in [3.05, 3.63) is 30.3 Å². The predicted octanol–water partition coefficient (Wildman–Crippen LogP) is 0.639. The van der Waals surface area contributed by atoms with E-state index < -0.39 is 10.0 Å². The Morgan fingerprint density at radius 3 is 2.43 bits per heavy atom. The van der Waals surface area contributed by atoms with Crippen LogP contribution in [0.2, 0.25) is 0 Å². The maximum Gasteiger partial charge on any atom is 0.241 e. The van der Waals surface area contributed by atoms with E-state index in [1.54, 1.807) is 4.90 Å². The fourth-order valence-corrected chi connectivity index (χ4v) is 3.24. The maximum absolute atomic E-state index is 12.1. The zero-order chi connectivity index (χ0) is 15.3. The van der Waals surface area contributed by atoms with E-state index in [1.807, 2.05) is 30.3 Å². The fourth-order valence-electron chi connectivity index (χ4n) is 2.39. The number of sulfonamides is 1. The number of hydrogen-bond donors (Lipinski definition) is 2. The van der Waals surface area contributed by atoms with E-state index >= 15 is 0 Å². The molecule has 7 heteroatoms. The van der Waals surface area contributed by atoms with Crippen molar-refractivity contribution >= 4 is 21.6 Å². The van der Waals surface area contributed by atoms with E-state index in [0.717, 1.165) is 11.9 Å². The van der Waals surface area contributed by atoms with Crippen LogP contribution in [0.4, 0.5) is 5.69 Å². The molecule has 0 unspecified atom stereocenters. The minimum absolute atomic E-state index is 0.0386. The third-order valence-electron chi connectivity index (χ3n) is 3.45. The zero-order valence-corrected chi connectivity index (χ0v) is 12.9. The Labute approximate surface area is 125 Å². The van der Waals surface area contributed by atoms with Gasteiger partial charge in [-0.05, 0) is 25.0 Å². The summed E-state index contributed by atoms with van der Waals surface area (Å²) in [5.74, 6) is 0.0386. The highest BCUT2D eigenvalue weighted by atomic mass is 32.2. The largest absolute Gasteiger partial charge is 0.376 e. The van der Waals surface area contributed by atoms with Crippen LogP contribution in [0.5, 0.6) is 0 Å². The average molecular weight is 311 g/mol. The van der Waals surface area contributed by atoms with Gasteiger partial charge in [0, 0.05) is 24.8 Å². The molecule has 1 saturated heterocycles. The lowest BCUT2D eigenvalue weighted by Gasteiger charge is -2.32. The van der Waals surface area contributed by atoms with Crippen molar-refractivity contribution < 1.29 is 13.2 Å². The Morgan fingerprint density at radius 1 is 1.24 bits per heavy atom. The van der Waals surface area contributed by atoms with Crippen molar-refractivity contribution in [3.63, 3.8) is 0 Å². The van der Waals surface area contributed by atoms with Gasteiger partial charge in [0.15, 0.2) is 0 Å². The van der Waals surface area contributed by atoms with E-state index in [2.05, 4.69) is 10.0 Å². The van der Waals surface area contributed by atoms with Crippen molar-refractivity contribution in [1.29, 1.82) is 0 Å². The van der Waals surface area contributed by atoms with E-state index in [4.69, 9.17) is 0 Å². The monoisotopic (exact) mass is 311 g/mol. The highest BCUT2D eigenvalue weighted by Gasteiger charge is 2.24. The molecule has 0 saturated carbocycles. The second-order valence-corrected chi connectivity index (χ2v) is 7.04. The van der Waals surface area contributed by atoms with E-state index in [0.29, 0.717) is 25.9 Å². The van der Waals surface area contributed by atoms with Gasteiger partial charge in [0.1, 0.15) is 0 Å². The summed E-state index contributed by atoms with van der Waals surface area (Å²) in [4.78, 5) is 13.9. The number of piperidine rings is 1. The molecule has 116 valence electrons. The Morgan fingerprint density at radius 2 is 1.86 bits per heavy atom. The molecule has 6 nitrogen and oxygen atoms in total. The number of hydrogen-bond acceptors (Lipinski definition) is 4. The zero-order valence-electron chi connectivity index (χ0n) is 12.1. The minimum atomic E-state index is -3.17. The van der Waals surface area contributed by atoms with Crippen LogP contribution in [0, 0.1) is 0 Å². The van der Waals surface area contributed by atoms with E-state index in [1.165, 1.54) is 0 Å². The summed E-state index contributed by atoms with van der Waals surface area (Å²) < 4.78 is 24.9. The van der Waals surface area contributed by atoms with Gasteiger partial charge < -0.3 is 10.2 Å². The van der Waals surface area contributed by atoms with Crippen LogP contribution in [0.1, 0.15) is 12.8 Å². The van der Waals surface area contributed by atoms with Crippen LogP contribution < -0.4 is 10.0 Å². The van der Waals surface area contributed by atoms with Crippen molar-refractivity contribution in [2.24, 2.45) is 0 Å². The molecule has 0 radical (unpaired) electrons. The molecule has 1 aliphatic heterocycles. The minimum Gasteiger partial charge on any atom is -0.376 e. The molecule has 1 fully saturated rings. The highest BCUT2D eigenvalue weighted by molar-refractivity contribution is 7.88. The molecule has 0 spiro atoms. The van der Waals surface area contributed by atoms with Crippen LogP contribution in [0.15, 0.2) is 30.3 Å². The smallest absolute Gasteiger partial charge is 0.241 e. The van der Waals surface area contributed by atoms with Gasteiger partial charge in [0.25, 0.3) is 0 Å². The van der Waals surface area contributed by atoms with Crippen LogP contribution in [0.25, 0.3) is 0 Å². The highest BCUT2D eigenvalue weighted by Crippen LogP contribution is 2.12. The number of nitrogens with one attached hydrogen (secondary N) is 2. The number of amides is 1. The van der Waals surface area contributed by atoms with Crippen molar-refractivity contribution in [2.75, 3.05) is 31.2 Å². The lowest BCUT2D eigenvalue weighted by molar-refractivity contribution is -0.130. The quantitative estimate of drug-likeness (QED) is 0.836. The van der Waals surface area contributed by atoms with Crippen molar-refractivity contribution in [3.8, 4) is 0 Å². The molecule has 21 heavy (non-hydrogen) atoms. The summed E-state index contributed by atoms with van der Waals surface area (Å²) in [5, 5.41) is 3.09. The number of nitrogens with zero attached hydrogens (tertiary/aromatic N) is 1. The molecule has 1 aliphatic rings. The number of carbonyl (C=O) groups excluding carboxylic acids is 1. The van der Waals surface area contributed by atoms with Gasteiger partial charge in [-0.25, -0.2) is 13.1 Å². The number of benzene rings is 1. The fraction of sp³-hybridized carbons (Fsp3) is 0.500. The summed E-state index contributed by atoms with van der Waals surface area (Å²) in [7, 11) is -3.17. The molecule has 1 aromatic carbocycles. The second kappa shape index (κ2) is 6.91. The van der Waals surface area contributed by atoms with Crippen molar-refractivity contribution in [1.82, 2.24) is 9.62 Å². The van der Waals surface area contributed by atoms with E-state index in [-0.39, 0.29) is 18.5 Å². The van der Waals surface area contributed by atoms with Gasteiger partial charge in [-0.1, -0.05) is 18.2 Å². The van der Waals surface area contributed by atoms with Gasteiger partial charge >= 0.3 is 0 Å². The van der Waals surface area contributed by atoms with Crippen LogP contribution in [-0.2, 0) is 14.8 Å². The van der Waals surface area contributed by atoms with Gasteiger partial charge in [-0.3, -0.25) is 4.79 Å². The predicted molar refractivity (Wildman–Crippen MR) is 82.5 cm³/mol. The molecule has 1 heterocycles. The van der Waals surface area contributed by atoms with Gasteiger partial charge in [-0.15, -0.1) is 0 Å². The summed E-state index contributed by atoms with van der Waals surface area (Å²) in [6.45, 7) is 1.43. The summed E-state index contributed by atoms with van der Waals surface area (Å²) in [5.41, 5.74) is 0.916. The number of likely N-dealkylation sites (tertiary alicyclic amines) is 1. The van der Waals surface area contributed by atoms with Crippen LogP contribution >= 0.6 is 0 Å². The number of rotatable bonds is 5. The molecule has 0 bridgehead atoms. The van der Waals surface area contributed by atoms with E-state index in [9.17, 15) is 13.2 Å². The molecular formula is C14H21N3O3S. The molecule has 2 N–H and O–H groups in total. The first kappa shape index (κ1) is 15.8. The third kappa shape index (κ3) is 5.35. The molecule has 0 aliphatic carbocycles. The topological polar surface area (TPSA) is 78.5 Å². The summed E-state index contributed by atoms with van der Waals surface area (Å²) >= 11 is 0. The van der Waals surface area contributed by atoms with Crippen LogP contribution in [0.3, 0.4) is 0 Å². The summed E-state index contributed by atoms with van der Waals surface area (Å²) in [6, 6.07) is 9.51. The normalized spacial score (nSPS) is 16.7. The van der Waals surface area contributed by atoms with Crippen LogP contribution in [-0.4, -0.2) is 51.2 Å². The Hall–Kier alpha value is -1.60. The molecule has 0 atom stereocenters. The standard InChI is InChI=1S/C14H21N3O3S/c1-21(19,20)16-13-7-9-17(10-8-13)14(18)11-15-12-5-3-2-4-6-12/h2-6,13,15-16H,7-11H2,1H3. The molecule has 0 aromatic heterocycles. The SMILES string of the molecule is CS(=O)(=O)NC1CCN(C(=O)CNc2ccccc2)CC1.